The number of carbonyl (C=O) groups excluding carboxylic acids is 1. The van der Waals surface area contributed by atoms with E-state index in [2.05, 4.69) is 10.3 Å². The fraction of sp³-hybridized carbons (Fsp3) is 0.167. The molecule has 40 heavy (non-hydrogen) atoms. The minimum Gasteiger partial charge on any atom is -0.479 e. The van der Waals surface area contributed by atoms with E-state index in [1.807, 2.05) is 66.7 Å². The zero-order valence-electron chi connectivity index (χ0n) is 21.5. The van der Waals surface area contributed by atoms with Crippen LogP contribution in [0.5, 0.6) is 11.6 Å². The van der Waals surface area contributed by atoms with Crippen molar-refractivity contribution in [2.75, 3.05) is 0 Å². The number of amides is 1. The summed E-state index contributed by atoms with van der Waals surface area (Å²) in [6.45, 7) is 1.80. The molecule has 2 unspecified atom stereocenters. The highest BCUT2D eigenvalue weighted by Gasteiger charge is 2.25. The van der Waals surface area contributed by atoms with Crippen molar-refractivity contribution >= 4 is 23.2 Å². The number of carbonyl (C=O) groups is 2. The van der Waals surface area contributed by atoms with Gasteiger partial charge in [-0.3, -0.25) is 4.79 Å². The Labute approximate surface area is 234 Å². The molecule has 0 bridgehead atoms. The molecule has 3 aromatic carbocycles. The molecule has 2 N–H and O–H groups in total. The number of aromatic nitrogens is 1. The van der Waals surface area contributed by atoms with Gasteiger partial charge in [0, 0.05) is 13.0 Å². The van der Waals surface area contributed by atoms with E-state index in [0.29, 0.717) is 23.6 Å². The number of hydrogen-bond acceptors (Lipinski definition) is 8. The summed E-state index contributed by atoms with van der Waals surface area (Å²) < 4.78 is 22.3. The predicted octanol–water partition coefficient (Wildman–Crippen LogP) is 5.39. The first-order valence-corrected chi connectivity index (χ1v) is 13.4. The van der Waals surface area contributed by atoms with Crippen molar-refractivity contribution in [2.45, 2.75) is 32.3 Å². The molecule has 1 aliphatic heterocycles. The largest absolute Gasteiger partial charge is 0.479 e. The quantitative estimate of drug-likeness (QED) is 0.252. The molecule has 0 spiro atoms. The maximum Gasteiger partial charge on any atom is 0.344 e. The minimum absolute atomic E-state index is 0.146. The maximum atomic E-state index is 12.9. The summed E-state index contributed by atoms with van der Waals surface area (Å²) in [6.07, 6.45) is 0.502. The number of carboxylic acids is 1. The summed E-state index contributed by atoms with van der Waals surface area (Å²) in [5.41, 5.74) is 5.45. The zero-order valence-corrected chi connectivity index (χ0v) is 22.3. The van der Waals surface area contributed by atoms with Gasteiger partial charge in [-0.25, -0.2) is 9.78 Å². The molecular weight excluding hydrogens is 532 g/mol. The molecule has 2 atom stereocenters. The van der Waals surface area contributed by atoms with Crippen molar-refractivity contribution < 1.29 is 33.6 Å². The number of hydrogen-bond donors (Lipinski definition) is 2. The molecular formula is C30H26N2O7S. The Morgan fingerprint density at radius 3 is 2.40 bits per heavy atom. The lowest BCUT2D eigenvalue weighted by Gasteiger charge is -2.12. The zero-order chi connectivity index (χ0) is 27.9. The highest BCUT2D eigenvalue weighted by molar-refractivity contribution is 7.12. The van der Waals surface area contributed by atoms with Crippen LogP contribution in [0.2, 0.25) is 0 Å². The average Bonchev–Trinajstić information content (AvgIpc) is 3.62. The van der Waals surface area contributed by atoms with Crippen LogP contribution in [0.15, 0.2) is 96.6 Å². The van der Waals surface area contributed by atoms with Crippen LogP contribution in [0.4, 0.5) is 0 Å². The van der Waals surface area contributed by atoms with Crippen LogP contribution in [0.3, 0.4) is 0 Å². The Morgan fingerprint density at radius 2 is 1.70 bits per heavy atom. The second-order valence-electron chi connectivity index (χ2n) is 8.90. The summed E-state index contributed by atoms with van der Waals surface area (Å²) in [7, 11) is 0. The molecule has 1 aromatic heterocycles. The molecule has 1 aliphatic rings. The van der Waals surface area contributed by atoms with Gasteiger partial charge in [0.05, 0.1) is 5.51 Å². The average molecular weight is 559 g/mol. The first-order valence-electron chi connectivity index (χ1n) is 12.5. The Kier molecular flexibility index (Phi) is 8.26. The third-order valence-corrected chi connectivity index (χ3v) is 6.81. The van der Waals surface area contributed by atoms with Gasteiger partial charge >= 0.3 is 11.9 Å². The van der Waals surface area contributed by atoms with E-state index in [4.69, 9.17) is 24.1 Å². The van der Waals surface area contributed by atoms with Crippen LogP contribution in [-0.2, 0) is 27.2 Å². The number of thiazole rings is 1. The Morgan fingerprint density at radius 1 is 1.00 bits per heavy atom. The monoisotopic (exact) mass is 558 g/mol. The summed E-state index contributed by atoms with van der Waals surface area (Å²) >= 11 is 1.17. The number of nitrogens with one attached hydrogen (secondary N) is 1. The summed E-state index contributed by atoms with van der Waals surface area (Å²) in [5, 5.41) is 11.9. The number of benzene rings is 3. The molecule has 0 saturated heterocycles. The lowest BCUT2D eigenvalue weighted by molar-refractivity contribution is -0.144. The molecule has 0 radical (unpaired) electrons. The Balaban J connectivity index is 1.12. The van der Waals surface area contributed by atoms with Crippen molar-refractivity contribution in [3.05, 3.63) is 113 Å². The number of nitrogens with zero attached hydrogens (tertiary/aromatic N) is 1. The van der Waals surface area contributed by atoms with E-state index in [9.17, 15) is 9.59 Å². The van der Waals surface area contributed by atoms with Crippen molar-refractivity contribution in [1.29, 1.82) is 0 Å². The van der Waals surface area contributed by atoms with Gasteiger partial charge in [0.25, 0.3) is 5.91 Å². The fourth-order valence-corrected chi connectivity index (χ4v) is 4.50. The summed E-state index contributed by atoms with van der Waals surface area (Å²) in [6, 6.07) is 24.8. The van der Waals surface area contributed by atoms with Crippen LogP contribution in [0.1, 0.15) is 27.7 Å². The number of carboxylic acid groups (broad SMARTS) is 1. The second kappa shape index (κ2) is 12.4. The first kappa shape index (κ1) is 26.8. The van der Waals surface area contributed by atoms with Gasteiger partial charge in [0.2, 0.25) is 12.2 Å². The van der Waals surface area contributed by atoms with E-state index < -0.39 is 18.4 Å². The lowest BCUT2D eigenvalue weighted by atomic mass is 10.0. The van der Waals surface area contributed by atoms with E-state index in [1.54, 1.807) is 12.1 Å². The topological polar surface area (TPSA) is 116 Å². The molecule has 2 heterocycles. The summed E-state index contributed by atoms with van der Waals surface area (Å²) in [4.78, 5) is 28.3. The van der Waals surface area contributed by atoms with Gasteiger partial charge < -0.3 is 29.4 Å². The van der Waals surface area contributed by atoms with Crippen molar-refractivity contribution in [2.24, 2.45) is 0 Å². The highest BCUT2D eigenvalue weighted by Crippen LogP contribution is 2.27. The molecule has 5 rings (SSSR count). The lowest BCUT2D eigenvalue weighted by Crippen LogP contribution is -2.22. The van der Waals surface area contributed by atoms with Gasteiger partial charge in [0.1, 0.15) is 5.75 Å². The van der Waals surface area contributed by atoms with Crippen molar-refractivity contribution in [1.82, 2.24) is 10.3 Å². The van der Waals surface area contributed by atoms with Crippen LogP contribution >= 0.6 is 11.3 Å². The van der Waals surface area contributed by atoms with Gasteiger partial charge in [-0.2, -0.15) is 0 Å². The summed E-state index contributed by atoms with van der Waals surface area (Å²) in [5.74, 6) is -0.549. The second-order valence-corrected chi connectivity index (χ2v) is 9.76. The van der Waals surface area contributed by atoms with Crippen LogP contribution in [0, 0.1) is 0 Å². The standard InChI is InChI=1S/C30H26N2O7S/c1-19(30(34)35)37-24-13-11-23(12-14-24)22-9-7-21(8-10-22)16-31-28(33)27-29(32-18-40-27)39-26-17-36-25(38-26)15-20-5-3-2-4-6-20/h2-14,17-19,25H,15-16H2,1H3,(H,31,33)(H,34,35). The van der Waals surface area contributed by atoms with Crippen LogP contribution in [-0.4, -0.2) is 34.4 Å². The predicted molar refractivity (Wildman–Crippen MR) is 148 cm³/mol. The Hall–Kier alpha value is -4.83. The third kappa shape index (κ3) is 6.78. The molecule has 9 nitrogen and oxygen atoms in total. The van der Waals surface area contributed by atoms with Gasteiger partial charge in [0.15, 0.2) is 17.2 Å². The molecule has 1 amide bonds. The molecule has 204 valence electrons. The maximum absolute atomic E-state index is 12.9. The first-order chi connectivity index (χ1) is 19.4. The molecule has 0 saturated carbocycles. The normalized spacial score (nSPS) is 14.8. The van der Waals surface area contributed by atoms with E-state index in [0.717, 1.165) is 22.3 Å². The van der Waals surface area contributed by atoms with Crippen molar-refractivity contribution in [3.63, 3.8) is 0 Å². The number of aliphatic carboxylic acids is 1. The van der Waals surface area contributed by atoms with Gasteiger partial charge in [-0.1, -0.05) is 66.7 Å². The molecule has 4 aromatic rings. The number of ether oxygens (including phenoxy) is 4. The molecule has 10 heteroatoms. The van der Waals surface area contributed by atoms with E-state index in [-0.39, 0.29) is 17.7 Å². The smallest absolute Gasteiger partial charge is 0.344 e. The fourth-order valence-electron chi connectivity index (χ4n) is 3.87. The Bertz CT molecular complexity index is 1480. The van der Waals surface area contributed by atoms with Gasteiger partial charge in [-0.15, -0.1) is 11.3 Å². The number of rotatable bonds is 11. The molecule has 0 aliphatic carbocycles. The highest BCUT2D eigenvalue weighted by atomic mass is 32.1. The minimum atomic E-state index is -1.02. The third-order valence-electron chi connectivity index (χ3n) is 6.00. The van der Waals surface area contributed by atoms with Crippen LogP contribution < -0.4 is 14.8 Å². The van der Waals surface area contributed by atoms with E-state index >= 15 is 0 Å². The van der Waals surface area contributed by atoms with Crippen LogP contribution in [0.25, 0.3) is 11.1 Å². The SMILES string of the molecule is CC(Oc1ccc(-c2ccc(CNC(=O)c3scnc3OC3=COC(Cc4ccccc4)O3)cc2)cc1)C(=O)O. The van der Waals surface area contributed by atoms with Gasteiger partial charge in [-0.05, 0) is 41.3 Å². The van der Waals surface area contributed by atoms with Crippen molar-refractivity contribution in [3.8, 4) is 22.8 Å². The molecule has 0 fully saturated rings. The van der Waals surface area contributed by atoms with E-state index in [1.165, 1.54) is 30.0 Å².